The highest BCUT2D eigenvalue weighted by Gasteiger charge is 2.01. The van der Waals surface area contributed by atoms with Crippen LogP contribution in [0.5, 0.6) is 0 Å². The van der Waals surface area contributed by atoms with Crippen LogP contribution in [0.15, 0.2) is 28.7 Å². The number of halogens is 1. The van der Waals surface area contributed by atoms with Gasteiger partial charge in [-0.2, -0.15) is 0 Å². The SMILES string of the molecule is CCNC(=NCCc1ncc(CC)s1)NCCc1cccs1.I. The summed E-state index contributed by atoms with van der Waals surface area (Å²) >= 11 is 3.59. The quantitative estimate of drug-likeness (QED) is 0.356. The summed E-state index contributed by atoms with van der Waals surface area (Å²) in [5.41, 5.74) is 0. The Kier molecular flexibility index (Phi) is 10.5. The molecule has 0 amide bonds. The fourth-order valence-electron chi connectivity index (χ4n) is 1.99. The number of nitrogens with one attached hydrogen (secondary N) is 2. The van der Waals surface area contributed by atoms with E-state index < -0.39 is 0 Å². The second kappa shape index (κ2) is 11.8. The zero-order valence-corrected chi connectivity index (χ0v) is 17.6. The molecule has 0 saturated carbocycles. The second-order valence-corrected chi connectivity index (χ2v) is 7.07. The number of aliphatic imine (C=N–C) groups is 1. The fraction of sp³-hybridized carbons (Fsp3) is 0.500. The molecule has 2 aromatic heterocycles. The zero-order valence-electron chi connectivity index (χ0n) is 13.7. The number of guanidine groups is 1. The first-order chi connectivity index (χ1) is 10.8. The van der Waals surface area contributed by atoms with Gasteiger partial charge in [-0.15, -0.1) is 46.7 Å². The van der Waals surface area contributed by atoms with Crippen LogP contribution in [0.4, 0.5) is 0 Å². The van der Waals surface area contributed by atoms with Crippen LogP contribution in [-0.4, -0.2) is 30.6 Å². The first kappa shape index (κ1) is 20.4. The van der Waals surface area contributed by atoms with Gasteiger partial charge in [0.05, 0.1) is 5.01 Å². The lowest BCUT2D eigenvalue weighted by molar-refractivity contribution is 0.801. The first-order valence-electron chi connectivity index (χ1n) is 7.80. The van der Waals surface area contributed by atoms with Gasteiger partial charge in [0.2, 0.25) is 0 Å². The average molecular weight is 464 g/mol. The van der Waals surface area contributed by atoms with E-state index in [1.54, 1.807) is 22.7 Å². The highest BCUT2D eigenvalue weighted by molar-refractivity contribution is 14.0. The van der Waals surface area contributed by atoms with E-state index in [1.165, 1.54) is 14.8 Å². The number of thiophene rings is 1. The number of nitrogens with zero attached hydrogens (tertiary/aromatic N) is 2. The van der Waals surface area contributed by atoms with Crippen molar-refractivity contribution in [2.24, 2.45) is 4.99 Å². The van der Waals surface area contributed by atoms with Crippen LogP contribution in [0.1, 0.15) is 28.6 Å². The Morgan fingerprint density at radius 3 is 2.74 bits per heavy atom. The van der Waals surface area contributed by atoms with Gasteiger partial charge in [-0.3, -0.25) is 4.99 Å². The van der Waals surface area contributed by atoms with E-state index >= 15 is 0 Å². The van der Waals surface area contributed by atoms with Gasteiger partial charge in [0, 0.05) is 42.0 Å². The standard InChI is InChI=1S/C16H24N4S2.HI/c1-3-13-12-20-15(22-13)8-10-19-16(17-4-2)18-9-7-14-6-5-11-21-14;/h5-6,11-12H,3-4,7-10H2,1-2H3,(H2,17,18,19);1H. The van der Waals surface area contributed by atoms with Crippen LogP contribution < -0.4 is 10.6 Å². The van der Waals surface area contributed by atoms with E-state index in [1.807, 2.05) is 6.20 Å². The zero-order chi connectivity index (χ0) is 15.6. The van der Waals surface area contributed by atoms with Gasteiger partial charge in [0.15, 0.2) is 5.96 Å². The van der Waals surface area contributed by atoms with Crippen molar-refractivity contribution >= 4 is 52.6 Å². The largest absolute Gasteiger partial charge is 0.357 e. The van der Waals surface area contributed by atoms with E-state index in [4.69, 9.17) is 0 Å². The van der Waals surface area contributed by atoms with Gasteiger partial charge in [0.1, 0.15) is 0 Å². The van der Waals surface area contributed by atoms with E-state index in [-0.39, 0.29) is 24.0 Å². The molecule has 7 heteroatoms. The topological polar surface area (TPSA) is 49.3 Å². The van der Waals surface area contributed by atoms with E-state index in [2.05, 4.69) is 52.0 Å². The lowest BCUT2D eigenvalue weighted by atomic mass is 10.3. The highest BCUT2D eigenvalue weighted by atomic mass is 127. The van der Waals surface area contributed by atoms with Crippen LogP contribution in [0, 0.1) is 0 Å². The molecule has 0 unspecified atom stereocenters. The third-order valence-electron chi connectivity index (χ3n) is 3.13. The number of aryl methyl sites for hydroxylation is 1. The second-order valence-electron chi connectivity index (χ2n) is 4.84. The van der Waals surface area contributed by atoms with Gasteiger partial charge in [-0.1, -0.05) is 13.0 Å². The van der Waals surface area contributed by atoms with Crippen molar-refractivity contribution in [3.8, 4) is 0 Å². The van der Waals surface area contributed by atoms with Crippen molar-refractivity contribution < 1.29 is 0 Å². The predicted molar refractivity (Wildman–Crippen MR) is 113 cm³/mol. The van der Waals surface area contributed by atoms with Crippen LogP contribution in [0.3, 0.4) is 0 Å². The molecule has 0 atom stereocenters. The molecule has 0 aliphatic carbocycles. The van der Waals surface area contributed by atoms with E-state index in [9.17, 15) is 0 Å². The minimum absolute atomic E-state index is 0. The lowest BCUT2D eigenvalue weighted by Gasteiger charge is -2.10. The maximum Gasteiger partial charge on any atom is 0.191 e. The Bertz CT molecular complexity index is 566. The van der Waals surface area contributed by atoms with Gasteiger partial charge in [-0.25, -0.2) is 4.98 Å². The summed E-state index contributed by atoms with van der Waals surface area (Å²) in [5, 5.41) is 9.98. The maximum atomic E-state index is 4.63. The molecule has 2 N–H and O–H groups in total. The molecule has 4 nitrogen and oxygen atoms in total. The van der Waals surface area contributed by atoms with E-state index in [0.717, 1.165) is 44.9 Å². The van der Waals surface area contributed by atoms with Crippen molar-refractivity contribution in [1.29, 1.82) is 0 Å². The van der Waals surface area contributed by atoms with Crippen molar-refractivity contribution in [2.45, 2.75) is 33.1 Å². The molecule has 0 radical (unpaired) electrons. The van der Waals surface area contributed by atoms with Crippen molar-refractivity contribution in [1.82, 2.24) is 15.6 Å². The third-order valence-corrected chi connectivity index (χ3v) is 5.27. The fourth-order valence-corrected chi connectivity index (χ4v) is 3.55. The number of thiazole rings is 1. The minimum atomic E-state index is 0. The highest BCUT2D eigenvalue weighted by Crippen LogP contribution is 2.13. The van der Waals surface area contributed by atoms with Crippen molar-refractivity contribution in [3.05, 3.63) is 38.5 Å². The molecule has 0 aliphatic heterocycles. The monoisotopic (exact) mass is 464 g/mol. The third kappa shape index (κ3) is 7.63. The molecule has 2 heterocycles. The Balaban J connectivity index is 0.00000264. The molecular formula is C16H25IN4S2. The van der Waals surface area contributed by atoms with Crippen molar-refractivity contribution in [2.75, 3.05) is 19.6 Å². The Morgan fingerprint density at radius 2 is 2.09 bits per heavy atom. The Labute approximate surface area is 163 Å². The van der Waals surface area contributed by atoms with Crippen molar-refractivity contribution in [3.63, 3.8) is 0 Å². The average Bonchev–Trinajstić information content (AvgIpc) is 3.18. The molecule has 0 aromatic carbocycles. The van der Waals surface area contributed by atoms with Gasteiger partial charge >= 0.3 is 0 Å². The maximum absolute atomic E-state index is 4.63. The van der Waals surface area contributed by atoms with Crippen LogP contribution in [0.2, 0.25) is 0 Å². The molecule has 128 valence electrons. The molecule has 23 heavy (non-hydrogen) atoms. The molecule has 0 bridgehead atoms. The number of hydrogen-bond acceptors (Lipinski definition) is 4. The number of rotatable bonds is 8. The summed E-state index contributed by atoms with van der Waals surface area (Å²) in [5.74, 6) is 0.895. The summed E-state index contributed by atoms with van der Waals surface area (Å²) in [6.45, 7) is 6.80. The predicted octanol–water partition coefficient (Wildman–Crippen LogP) is 3.73. The van der Waals surface area contributed by atoms with Gasteiger partial charge in [0.25, 0.3) is 0 Å². The Hall–Kier alpha value is -0.670. The summed E-state index contributed by atoms with van der Waals surface area (Å²) in [6, 6.07) is 4.27. The summed E-state index contributed by atoms with van der Waals surface area (Å²) in [4.78, 5) is 11.8. The van der Waals surface area contributed by atoms with Crippen LogP contribution in [-0.2, 0) is 19.3 Å². The lowest BCUT2D eigenvalue weighted by Crippen LogP contribution is -2.38. The molecule has 0 fully saturated rings. The summed E-state index contributed by atoms with van der Waals surface area (Å²) < 4.78 is 0. The number of hydrogen-bond donors (Lipinski definition) is 2. The summed E-state index contributed by atoms with van der Waals surface area (Å²) in [6.07, 6.45) is 4.99. The Morgan fingerprint density at radius 1 is 1.22 bits per heavy atom. The molecule has 0 aliphatic rings. The summed E-state index contributed by atoms with van der Waals surface area (Å²) in [7, 11) is 0. The van der Waals surface area contributed by atoms with Crippen LogP contribution >= 0.6 is 46.7 Å². The minimum Gasteiger partial charge on any atom is -0.357 e. The molecule has 2 aromatic rings. The normalized spacial score (nSPS) is 11.1. The smallest absolute Gasteiger partial charge is 0.191 e. The first-order valence-corrected chi connectivity index (χ1v) is 9.49. The number of aromatic nitrogens is 1. The molecular weight excluding hydrogens is 439 g/mol. The van der Waals surface area contributed by atoms with Crippen LogP contribution in [0.25, 0.3) is 0 Å². The van der Waals surface area contributed by atoms with E-state index in [0.29, 0.717) is 0 Å². The molecule has 0 spiro atoms. The van der Waals surface area contributed by atoms with Gasteiger partial charge in [-0.05, 0) is 31.2 Å². The molecule has 0 saturated heterocycles. The van der Waals surface area contributed by atoms with Gasteiger partial charge < -0.3 is 10.6 Å². The molecule has 2 rings (SSSR count).